The minimum Gasteiger partial charge on any atom is -0.480 e. The second kappa shape index (κ2) is 6.62. The fourth-order valence-electron chi connectivity index (χ4n) is 1.91. The molecular formula is C13H17N3O3S. The van der Waals surface area contributed by atoms with Crippen molar-refractivity contribution in [3.8, 4) is 10.8 Å². The molecule has 0 radical (unpaired) electrons. The van der Waals surface area contributed by atoms with Crippen LogP contribution in [0.2, 0.25) is 0 Å². The quantitative estimate of drug-likeness (QED) is 0.844. The van der Waals surface area contributed by atoms with Gasteiger partial charge in [-0.25, -0.2) is 0 Å². The Morgan fingerprint density at radius 1 is 1.55 bits per heavy atom. The summed E-state index contributed by atoms with van der Waals surface area (Å²) in [4.78, 5) is 17.9. The molecule has 0 aliphatic heterocycles. The third-order valence-corrected chi connectivity index (χ3v) is 3.41. The van der Waals surface area contributed by atoms with Gasteiger partial charge in [-0.2, -0.15) is 4.98 Å². The standard InChI is InChI=1S/C13H17N3O3S/c1-9(2)6-16(8-12(17)18)7-11-14-13(19-15-11)10-4-3-5-20-10/h3-5,9H,6-8H2,1-2H3,(H,17,18). The maximum Gasteiger partial charge on any atom is 0.317 e. The molecule has 0 unspecified atom stereocenters. The molecule has 0 saturated carbocycles. The number of thiophene rings is 1. The lowest BCUT2D eigenvalue weighted by molar-refractivity contribution is -0.138. The van der Waals surface area contributed by atoms with Crippen molar-refractivity contribution in [3.63, 3.8) is 0 Å². The normalized spacial score (nSPS) is 11.4. The maximum atomic E-state index is 10.9. The molecule has 0 saturated heterocycles. The number of hydrogen-bond donors (Lipinski definition) is 1. The van der Waals surface area contributed by atoms with E-state index in [4.69, 9.17) is 9.63 Å². The average molecular weight is 295 g/mol. The number of carboxylic acids is 1. The van der Waals surface area contributed by atoms with E-state index in [1.54, 1.807) is 4.90 Å². The highest BCUT2D eigenvalue weighted by atomic mass is 32.1. The topological polar surface area (TPSA) is 79.5 Å². The number of aromatic nitrogens is 2. The van der Waals surface area contributed by atoms with E-state index in [0.29, 0.717) is 30.7 Å². The highest BCUT2D eigenvalue weighted by Crippen LogP contribution is 2.22. The molecular weight excluding hydrogens is 278 g/mol. The van der Waals surface area contributed by atoms with Crippen LogP contribution in [-0.2, 0) is 11.3 Å². The van der Waals surface area contributed by atoms with Crippen molar-refractivity contribution in [2.24, 2.45) is 5.92 Å². The zero-order chi connectivity index (χ0) is 14.5. The summed E-state index contributed by atoms with van der Waals surface area (Å²) < 4.78 is 5.20. The molecule has 0 amide bonds. The van der Waals surface area contributed by atoms with Gasteiger partial charge in [-0.3, -0.25) is 9.69 Å². The van der Waals surface area contributed by atoms with Gasteiger partial charge in [-0.15, -0.1) is 11.3 Å². The number of carbonyl (C=O) groups is 1. The first-order valence-corrected chi connectivity index (χ1v) is 7.23. The smallest absolute Gasteiger partial charge is 0.317 e. The van der Waals surface area contributed by atoms with Gasteiger partial charge in [-0.05, 0) is 17.4 Å². The van der Waals surface area contributed by atoms with Gasteiger partial charge in [0.2, 0.25) is 0 Å². The van der Waals surface area contributed by atoms with Gasteiger partial charge in [0.05, 0.1) is 18.0 Å². The van der Waals surface area contributed by atoms with E-state index in [2.05, 4.69) is 10.1 Å². The Balaban J connectivity index is 2.04. The summed E-state index contributed by atoms with van der Waals surface area (Å²) in [5.74, 6) is 0.510. The Bertz CT molecular complexity index is 551. The molecule has 0 aromatic carbocycles. The van der Waals surface area contributed by atoms with Crippen LogP contribution in [0.3, 0.4) is 0 Å². The van der Waals surface area contributed by atoms with Crippen molar-refractivity contribution in [2.75, 3.05) is 13.1 Å². The highest BCUT2D eigenvalue weighted by molar-refractivity contribution is 7.13. The van der Waals surface area contributed by atoms with Gasteiger partial charge in [0.1, 0.15) is 0 Å². The lowest BCUT2D eigenvalue weighted by Crippen LogP contribution is -2.32. The molecule has 0 fully saturated rings. The molecule has 0 spiro atoms. The van der Waals surface area contributed by atoms with Crippen molar-refractivity contribution >= 4 is 17.3 Å². The summed E-state index contributed by atoms with van der Waals surface area (Å²) in [7, 11) is 0. The molecule has 6 nitrogen and oxygen atoms in total. The van der Waals surface area contributed by atoms with Crippen LogP contribution >= 0.6 is 11.3 Å². The second-order valence-electron chi connectivity index (χ2n) is 4.95. The molecule has 2 heterocycles. The monoisotopic (exact) mass is 295 g/mol. The Kier molecular flexibility index (Phi) is 4.86. The van der Waals surface area contributed by atoms with Crippen LogP contribution in [0.4, 0.5) is 0 Å². The molecule has 7 heteroatoms. The lowest BCUT2D eigenvalue weighted by Gasteiger charge is -2.20. The molecule has 2 rings (SSSR count). The lowest BCUT2D eigenvalue weighted by atomic mass is 10.2. The van der Waals surface area contributed by atoms with Gasteiger partial charge in [-0.1, -0.05) is 25.1 Å². The Morgan fingerprint density at radius 2 is 2.35 bits per heavy atom. The number of nitrogens with zero attached hydrogens (tertiary/aromatic N) is 3. The highest BCUT2D eigenvalue weighted by Gasteiger charge is 2.16. The van der Waals surface area contributed by atoms with E-state index < -0.39 is 5.97 Å². The minimum atomic E-state index is -0.854. The third-order valence-electron chi connectivity index (χ3n) is 2.55. The van der Waals surface area contributed by atoms with Crippen molar-refractivity contribution in [3.05, 3.63) is 23.3 Å². The SMILES string of the molecule is CC(C)CN(CC(=O)O)Cc1noc(-c2cccs2)n1. The number of carboxylic acid groups (broad SMARTS) is 1. The van der Waals surface area contributed by atoms with Crippen molar-refractivity contribution in [1.82, 2.24) is 15.0 Å². The van der Waals surface area contributed by atoms with Crippen molar-refractivity contribution in [1.29, 1.82) is 0 Å². The Hall–Kier alpha value is -1.73. The van der Waals surface area contributed by atoms with Crippen LogP contribution in [0, 0.1) is 5.92 Å². The molecule has 0 atom stereocenters. The van der Waals surface area contributed by atoms with Crippen LogP contribution in [0.5, 0.6) is 0 Å². The van der Waals surface area contributed by atoms with E-state index in [9.17, 15) is 4.79 Å². The zero-order valence-electron chi connectivity index (χ0n) is 11.4. The summed E-state index contributed by atoms with van der Waals surface area (Å²) in [5, 5.41) is 14.8. The summed E-state index contributed by atoms with van der Waals surface area (Å²) in [6.07, 6.45) is 0. The summed E-state index contributed by atoms with van der Waals surface area (Å²) in [6.45, 7) is 5.11. The predicted octanol–water partition coefficient (Wildman–Crippen LogP) is 2.34. The first-order valence-electron chi connectivity index (χ1n) is 6.35. The van der Waals surface area contributed by atoms with Crippen LogP contribution < -0.4 is 0 Å². The van der Waals surface area contributed by atoms with Crippen LogP contribution in [0.1, 0.15) is 19.7 Å². The third kappa shape index (κ3) is 4.14. The van der Waals surface area contributed by atoms with E-state index in [-0.39, 0.29) is 6.54 Å². The van der Waals surface area contributed by atoms with E-state index >= 15 is 0 Å². The molecule has 0 aliphatic carbocycles. The van der Waals surface area contributed by atoms with Gasteiger partial charge < -0.3 is 9.63 Å². The van der Waals surface area contributed by atoms with Gasteiger partial charge in [0, 0.05) is 6.54 Å². The molecule has 0 bridgehead atoms. The number of rotatable bonds is 7. The minimum absolute atomic E-state index is 0.0267. The largest absolute Gasteiger partial charge is 0.480 e. The average Bonchev–Trinajstić information content (AvgIpc) is 2.95. The molecule has 0 aliphatic rings. The van der Waals surface area contributed by atoms with Gasteiger partial charge in [0.25, 0.3) is 5.89 Å². The van der Waals surface area contributed by atoms with Crippen LogP contribution in [-0.4, -0.2) is 39.2 Å². The summed E-state index contributed by atoms with van der Waals surface area (Å²) in [5.41, 5.74) is 0. The molecule has 2 aromatic heterocycles. The fraction of sp³-hybridized carbons (Fsp3) is 0.462. The molecule has 108 valence electrons. The van der Waals surface area contributed by atoms with Gasteiger partial charge in [0.15, 0.2) is 5.82 Å². The van der Waals surface area contributed by atoms with E-state index in [0.717, 1.165) is 4.88 Å². The molecule has 2 aromatic rings. The van der Waals surface area contributed by atoms with E-state index in [1.807, 2.05) is 31.4 Å². The van der Waals surface area contributed by atoms with Crippen molar-refractivity contribution in [2.45, 2.75) is 20.4 Å². The predicted molar refractivity (Wildman–Crippen MR) is 75.4 cm³/mol. The Morgan fingerprint density at radius 3 is 2.95 bits per heavy atom. The molecule has 20 heavy (non-hydrogen) atoms. The second-order valence-corrected chi connectivity index (χ2v) is 5.90. The first kappa shape index (κ1) is 14.7. The first-order chi connectivity index (χ1) is 9.54. The van der Waals surface area contributed by atoms with Gasteiger partial charge >= 0.3 is 5.97 Å². The van der Waals surface area contributed by atoms with E-state index in [1.165, 1.54) is 11.3 Å². The number of aliphatic carboxylic acids is 1. The van der Waals surface area contributed by atoms with Crippen molar-refractivity contribution < 1.29 is 14.4 Å². The molecule has 1 N–H and O–H groups in total. The fourth-order valence-corrected chi connectivity index (χ4v) is 2.56. The maximum absolute atomic E-state index is 10.9. The summed E-state index contributed by atoms with van der Waals surface area (Å²) in [6, 6.07) is 3.82. The number of hydrogen-bond acceptors (Lipinski definition) is 6. The summed E-state index contributed by atoms with van der Waals surface area (Å²) >= 11 is 1.53. The zero-order valence-corrected chi connectivity index (χ0v) is 12.3. The Labute approximate surface area is 121 Å². The van der Waals surface area contributed by atoms with Crippen LogP contribution in [0.15, 0.2) is 22.0 Å². The van der Waals surface area contributed by atoms with Crippen LogP contribution in [0.25, 0.3) is 10.8 Å².